The fourth-order valence-electron chi connectivity index (χ4n) is 3.31. The Labute approximate surface area is 121 Å². The molecule has 2 nitrogen and oxygen atoms in total. The van der Waals surface area contributed by atoms with Crippen molar-refractivity contribution in [3.63, 3.8) is 0 Å². The monoisotopic (exact) mass is 266 g/mol. The molecule has 1 aromatic heterocycles. The third-order valence-electron chi connectivity index (χ3n) is 4.60. The summed E-state index contributed by atoms with van der Waals surface area (Å²) in [5, 5.41) is 0. The van der Waals surface area contributed by atoms with Crippen molar-refractivity contribution in [3.05, 3.63) is 65.5 Å². The highest BCUT2D eigenvalue weighted by atomic mass is 14.8. The first-order valence-electron chi connectivity index (χ1n) is 7.43. The summed E-state index contributed by atoms with van der Waals surface area (Å²) in [4.78, 5) is 4.30. The minimum absolute atomic E-state index is 0.190. The highest BCUT2D eigenvalue weighted by molar-refractivity contribution is 5.27. The molecule has 0 bridgehead atoms. The van der Waals surface area contributed by atoms with Crippen LogP contribution in [0.2, 0.25) is 0 Å². The third-order valence-corrected chi connectivity index (χ3v) is 4.60. The second-order valence-corrected chi connectivity index (χ2v) is 6.09. The lowest BCUT2D eigenvalue weighted by atomic mass is 9.72. The lowest BCUT2D eigenvalue weighted by Crippen LogP contribution is -2.40. The predicted octanol–water partition coefficient (Wildman–Crippen LogP) is 3.90. The summed E-state index contributed by atoms with van der Waals surface area (Å²) < 4.78 is 0. The smallest absolute Gasteiger partial charge is 0.0425 e. The topological polar surface area (TPSA) is 38.9 Å². The van der Waals surface area contributed by atoms with E-state index in [0.29, 0.717) is 5.92 Å². The Morgan fingerprint density at radius 2 is 1.80 bits per heavy atom. The van der Waals surface area contributed by atoms with E-state index >= 15 is 0 Å². The van der Waals surface area contributed by atoms with Crippen LogP contribution in [0, 0.1) is 6.92 Å². The van der Waals surface area contributed by atoms with Crippen LogP contribution in [-0.2, 0) is 5.54 Å². The fourth-order valence-corrected chi connectivity index (χ4v) is 3.31. The van der Waals surface area contributed by atoms with Crippen LogP contribution in [0.3, 0.4) is 0 Å². The van der Waals surface area contributed by atoms with Crippen LogP contribution in [0.4, 0.5) is 0 Å². The number of hydrogen-bond acceptors (Lipinski definition) is 2. The molecule has 0 radical (unpaired) electrons. The van der Waals surface area contributed by atoms with Gasteiger partial charge in [0, 0.05) is 17.9 Å². The molecule has 0 spiro atoms. The zero-order valence-corrected chi connectivity index (χ0v) is 12.0. The van der Waals surface area contributed by atoms with E-state index in [0.717, 1.165) is 25.7 Å². The Morgan fingerprint density at radius 3 is 2.45 bits per heavy atom. The molecule has 20 heavy (non-hydrogen) atoms. The maximum absolute atomic E-state index is 6.65. The van der Waals surface area contributed by atoms with E-state index in [9.17, 15) is 0 Å². The SMILES string of the molecule is Cc1cncc(C2(N)CCC(c3ccccc3)CC2)c1. The molecule has 2 heteroatoms. The molecular weight excluding hydrogens is 244 g/mol. The van der Waals surface area contributed by atoms with Gasteiger partial charge in [0.1, 0.15) is 0 Å². The first-order valence-corrected chi connectivity index (χ1v) is 7.43. The second kappa shape index (κ2) is 5.37. The van der Waals surface area contributed by atoms with Crippen molar-refractivity contribution in [2.75, 3.05) is 0 Å². The normalized spacial score (nSPS) is 26.4. The van der Waals surface area contributed by atoms with Gasteiger partial charge in [-0.15, -0.1) is 0 Å². The molecular formula is C18H22N2. The van der Waals surface area contributed by atoms with Gasteiger partial charge in [0.15, 0.2) is 0 Å². The van der Waals surface area contributed by atoms with E-state index in [4.69, 9.17) is 5.73 Å². The van der Waals surface area contributed by atoms with Gasteiger partial charge in [0.05, 0.1) is 0 Å². The van der Waals surface area contributed by atoms with Crippen LogP contribution in [0.5, 0.6) is 0 Å². The molecule has 1 aliphatic rings. The van der Waals surface area contributed by atoms with Gasteiger partial charge in [-0.25, -0.2) is 0 Å². The number of pyridine rings is 1. The standard InChI is InChI=1S/C18H22N2/c1-14-11-17(13-20-12-14)18(19)9-7-16(8-10-18)15-5-3-2-4-6-15/h2-6,11-13,16H,7-10,19H2,1H3. The molecule has 0 unspecified atom stereocenters. The Balaban J connectivity index is 1.75. The summed E-state index contributed by atoms with van der Waals surface area (Å²) in [6.45, 7) is 2.08. The van der Waals surface area contributed by atoms with Crippen LogP contribution >= 0.6 is 0 Å². The van der Waals surface area contributed by atoms with Gasteiger partial charge in [-0.05, 0) is 55.2 Å². The third kappa shape index (κ3) is 2.61. The average molecular weight is 266 g/mol. The molecule has 0 atom stereocenters. The molecule has 1 aromatic carbocycles. The summed E-state index contributed by atoms with van der Waals surface area (Å²) >= 11 is 0. The number of nitrogens with two attached hydrogens (primary N) is 1. The Kier molecular flexibility index (Phi) is 3.58. The first kappa shape index (κ1) is 13.3. The number of nitrogens with zero attached hydrogens (tertiary/aromatic N) is 1. The molecule has 1 heterocycles. The van der Waals surface area contributed by atoms with Gasteiger partial charge in [0.2, 0.25) is 0 Å². The Bertz CT molecular complexity index is 569. The predicted molar refractivity (Wildman–Crippen MR) is 82.5 cm³/mol. The highest BCUT2D eigenvalue weighted by Gasteiger charge is 2.33. The van der Waals surface area contributed by atoms with Gasteiger partial charge in [-0.3, -0.25) is 4.98 Å². The van der Waals surface area contributed by atoms with Gasteiger partial charge in [-0.2, -0.15) is 0 Å². The van der Waals surface area contributed by atoms with Crippen molar-refractivity contribution in [3.8, 4) is 0 Å². The molecule has 0 amide bonds. The van der Waals surface area contributed by atoms with E-state index in [1.54, 1.807) is 0 Å². The van der Waals surface area contributed by atoms with Crippen molar-refractivity contribution in [2.24, 2.45) is 5.73 Å². The quantitative estimate of drug-likeness (QED) is 0.895. The lowest BCUT2D eigenvalue weighted by Gasteiger charge is -2.37. The molecule has 1 fully saturated rings. The molecule has 2 aromatic rings. The van der Waals surface area contributed by atoms with Crippen molar-refractivity contribution in [1.29, 1.82) is 0 Å². The van der Waals surface area contributed by atoms with Gasteiger partial charge >= 0.3 is 0 Å². The van der Waals surface area contributed by atoms with Crippen molar-refractivity contribution in [2.45, 2.75) is 44.1 Å². The zero-order chi connectivity index (χ0) is 14.0. The van der Waals surface area contributed by atoms with Crippen LogP contribution in [-0.4, -0.2) is 4.98 Å². The summed E-state index contributed by atoms with van der Waals surface area (Å²) in [7, 11) is 0. The van der Waals surface area contributed by atoms with E-state index in [1.165, 1.54) is 16.7 Å². The second-order valence-electron chi connectivity index (χ2n) is 6.09. The van der Waals surface area contributed by atoms with E-state index in [2.05, 4.69) is 48.3 Å². The van der Waals surface area contributed by atoms with E-state index < -0.39 is 0 Å². The maximum atomic E-state index is 6.65. The summed E-state index contributed by atoms with van der Waals surface area (Å²) in [6, 6.07) is 13.0. The molecule has 104 valence electrons. The lowest BCUT2D eigenvalue weighted by molar-refractivity contribution is 0.276. The Morgan fingerprint density at radius 1 is 1.10 bits per heavy atom. The van der Waals surface area contributed by atoms with Crippen LogP contribution < -0.4 is 5.73 Å². The fraction of sp³-hybridized carbons (Fsp3) is 0.389. The zero-order valence-electron chi connectivity index (χ0n) is 12.0. The highest BCUT2D eigenvalue weighted by Crippen LogP contribution is 2.41. The summed E-state index contributed by atoms with van der Waals surface area (Å²) in [6.07, 6.45) is 8.23. The van der Waals surface area contributed by atoms with E-state index in [-0.39, 0.29) is 5.54 Å². The van der Waals surface area contributed by atoms with E-state index in [1.807, 2.05) is 12.4 Å². The number of aryl methyl sites for hydroxylation is 1. The summed E-state index contributed by atoms with van der Waals surface area (Å²) in [5.41, 5.74) is 10.3. The van der Waals surface area contributed by atoms with Crippen molar-refractivity contribution in [1.82, 2.24) is 4.98 Å². The number of benzene rings is 1. The van der Waals surface area contributed by atoms with Crippen molar-refractivity contribution < 1.29 is 0 Å². The van der Waals surface area contributed by atoms with Crippen LogP contribution in [0.15, 0.2) is 48.8 Å². The minimum atomic E-state index is -0.190. The molecule has 3 rings (SSSR count). The van der Waals surface area contributed by atoms with Gasteiger partial charge in [-0.1, -0.05) is 36.4 Å². The van der Waals surface area contributed by atoms with Gasteiger partial charge < -0.3 is 5.73 Å². The maximum Gasteiger partial charge on any atom is 0.0425 e. The minimum Gasteiger partial charge on any atom is -0.321 e. The largest absolute Gasteiger partial charge is 0.321 e. The number of rotatable bonds is 2. The average Bonchev–Trinajstić information content (AvgIpc) is 2.49. The van der Waals surface area contributed by atoms with Crippen LogP contribution in [0.1, 0.15) is 48.3 Å². The Hall–Kier alpha value is -1.67. The molecule has 2 N–H and O–H groups in total. The molecule has 0 saturated heterocycles. The molecule has 1 aliphatic carbocycles. The summed E-state index contributed by atoms with van der Waals surface area (Å²) in [5.74, 6) is 0.658. The van der Waals surface area contributed by atoms with Crippen molar-refractivity contribution >= 4 is 0 Å². The first-order chi connectivity index (χ1) is 9.67. The van der Waals surface area contributed by atoms with Gasteiger partial charge in [0.25, 0.3) is 0 Å². The number of hydrogen-bond donors (Lipinski definition) is 1. The number of aromatic nitrogens is 1. The molecule has 1 saturated carbocycles. The molecule has 0 aliphatic heterocycles. The van der Waals surface area contributed by atoms with Crippen LogP contribution in [0.25, 0.3) is 0 Å².